The van der Waals surface area contributed by atoms with E-state index in [-0.39, 0.29) is 22.7 Å². The quantitative estimate of drug-likeness (QED) is 0.361. The molecule has 0 fully saturated rings. The summed E-state index contributed by atoms with van der Waals surface area (Å²) in [5, 5.41) is 17.8. The topological polar surface area (TPSA) is 93.0 Å². The van der Waals surface area contributed by atoms with Gasteiger partial charge < -0.3 is 10.6 Å². The maximum absolute atomic E-state index is 11.3. The molecule has 1 aromatic heterocycles. The van der Waals surface area contributed by atoms with Crippen molar-refractivity contribution >= 4 is 29.1 Å². The van der Waals surface area contributed by atoms with E-state index in [9.17, 15) is 10.1 Å². The number of nitrogens with one attached hydrogen (secondary N) is 2. The van der Waals surface area contributed by atoms with Gasteiger partial charge in [0.2, 0.25) is 11.6 Å². The first kappa shape index (κ1) is 16.5. The molecule has 1 aromatic rings. The van der Waals surface area contributed by atoms with Gasteiger partial charge >= 0.3 is 5.69 Å². The molecule has 0 atom stereocenters. The summed E-state index contributed by atoms with van der Waals surface area (Å²) in [7, 11) is 0. The van der Waals surface area contributed by atoms with Crippen molar-refractivity contribution in [3.8, 4) is 0 Å². The third-order valence-corrected chi connectivity index (χ3v) is 2.91. The molecule has 0 aliphatic carbocycles. The largest absolute Gasteiger partial charge is 0.364 e. The highest BCUT2D eigenvalue weighted by molar-refractivity contribution is 7.98. The van der Waals surface area contributed by atoms with Crippen molar-refractivity contribution in [1.29, 1.82) is 0 Å². The number of nitrogens with zero attached hydrogens (tertiary/aromatic N) is 3. The van der Waals surface area contributed by atoms with E-state index in [1.54, 1.807) is 0 Å². The molecule has 0 bridgehead atoms. The summed E-state index contributed by atoms with van der Waals surface area (Å²) in [6.45, 7) is 9.16. The van der Waals surface area contributed by atoms with Crippen LogP contribution in [0.3, 0.4) is 0 Å². The van der Waals surface area contributed by atoms with Gasteiger partial charge in [-0.05, 0) is 18.6 Å². The fourth-order valence-corrected chi connectivity index (χ4v) is 1.83. The van der Waals surface area contributed by atoms with Gasteiger partial charge in [-0.2, -0.15) is 9.97 Å². The zero-order valence-electron chi connectivity index (χ0n) is 12.5. The highest BCUT2D eigenvalue weighted by Gasteiger charge is 2.25. The van der Waals surface area contributed by atoms with Crippen molar-refractivity contribution in [2.24, 2.45) is 5.41 Å². The minimum atomic E-state index is -0.451. The number of nitro groups is 1. The molecule has 0 aliphatic heterocycles. The van der Waals surface area contributed by atoms with Crippen LogP contribution in [-0.2, 0) is 0 Å². The zero-order chi connectivity index (χ0) is 15.3. The fourth-order valence-electron chi connectivity index (χ4n) is 1.46. The van der Waals surface area contributed by atoms with Crippen molar-refractivity contribution < 1.29 is 4.92 Å². The number of anilines is 2. The Morgan fingerprint density at radius 3 is 2.20 bits per heavy atom. The lowest BCUT2D eigenvalue weighted by atomic mass is 9.97. The third kappa shape index (κ3) is 4.52. The highest BCUT2D eigenvalue weighted by atomic mass is 32.2. The van der Waals surface area contributed by atoms with Crippen LogP contribution in [0.2, 0.25) is 0 Å². The maximum atomic E-state index is 11.3. The van der Waals surface area contributed by atoms with Gasteiger partial charge in [0.25, 0.3) is 0 Å². The lowest BCUT2D eigenvalue weighted by molar-refractivity contribution is -0.383. The Morgan fingerprint density at radius 1 is 1.25 bits per heavy atom. The lowest BCUT2D eigenvalue weighted by Crippen LogP contribution is -2.21. The summed E-state index contributed by atoms with van der Waals surface area (Å²) in [5.74, 6) is 0.522. The molecule has 0 spiro atoms. The third-order valence-electron chi connectivity index (χ3n) is 2.36. The molecule has 20 heavy (non-hydrogen) atoms. The summed E-state index contributed by atoms with van der Waals surface area (Å²) in [5.41, 5.74) is -0.106. The standard InChI is InChI=1S/C12H21N5O2S/c1-6-13-9-8(17(18)19)10(14-7-12(2,3)4)16-11(15-9)20-5/h6-7H2,1-5H3,(H2,13,14,15,16). The molecule has 0 aliphatic rings. The number of hydrogen-bond donors (Lipinski definition) is 2. The van der Waals surface area contributed by atoms with Gasteiger partial charge in [-0.15, -0.1) is 0 Å². The van der Waals surface area contributed by atoms with Gasteiger partial charge in [0, 0.05) is 13.1 Å². The molecule has 0 saturated carbocycles. The van der Waals surface area contributed by atoms with E-state index in [1.165, 1.54) is 11.8 Å². The summed E-state index contributed by atoms with van der Waals surface area (Å²) >= 11 is 1.35. The molecule has 0 unspecified atom stereocenters. The lowest BCUT2D eigenvalue weighted by Gasteiger charge is -2.19. The molecule has 112 valence electrons. The van der Waals surface area contributed by atoms with Gasteiger partial charge in [-0.25, -0.2) is 0 Å². The molecule has 7 nitrogen and oxygen atoms in total. The van der Waals surface area contributed by atoms with E-state index in [0.717, 1.165) is 0 Å². The number of rotatable bonds is 6. The average Bonchev–Trinajstić information content (AvgIpc) is 2.34. The van der Waals surface area contributed by atoms with Crippen LogP contribution in [0.4, 0.5) is 17.3 Å². The van der Waals surface area contributed by atoms with E-state index >= 15 is 0 Å². The second-order valence-electron chi connectivity index (χ2n) is 5.46. The molecule has 1 rings (SSSR count). The second kappa shape index (κ2) is 6.74. The van der Waals surface area contributed by atoms with Crippen LogP contribution >= 0.6 is 11.8 Å². The van der Waals surface area contributed by atoms with Crippen molar-refractivity contribution in [3.63, 3.8) is 0 Å². The molecule has 0 amide bonds. The van der Waals surface area contributed by atoms with Crippen LogP contribution < -0.4 is 10.6 Å². The maximum Gasteiger partial charge on any atom is 0.353 e. The Bertz CT molecular complexity index is 487. The zero-order valence-corrected chi connectivity index (χ0v) is 13.3. The minimum absolute atomic E-state index is 0.00329. The molecule has 0 aromatic carbocycles. The Labute approximate surface area is 123 Å². The van der Waals surface area contributed by atoms with Crippen molar-refractivity contribution in [1.82, 2.24) is 9.97 Å². The second-order valence-corrected chi connectivity index (χ2v) is 6.23. The van der Waals surface area contributed by atoms with Gasteiger partial charge in [0.05, 0.1) is 4.92 Å². The number of thioether (sulfide) groups is 1. The molecule has 1 heterocycles. The summed E-state index contributed by atoms with van der Waals surface area (Å²) in [4.78, 5) is 19.2. The Morgan fingerprint density at radius 2 is 1.80 bits per heavy atom. The molecular weight excluding hydrogens is 278 g/mol. The van der Waals surface area contributed by atoms with Gasteiger partial charge in [-0.3, -0.25) is 10.1 Å². The molecule has 0 saturated heterocycles. The van der Waals surface area contributed by atoms with Gasteiger partial charge in [0.15, 0.2) is 5.16 Å². The summed E-state index contributed by atoms with van der Waals surface area (Å²) in [6, 6.07) is 0. The highest BCUT2D eigenvalue weighted by Crippen LogP contribution is 2.32. The molecule has 2 N–H and O–H groups in total. The SMILES string of the molecule is CCNc1nc(SC)nc(NCC(C)(C)C)c1[N+](=O)[O-]. The predicted molar refractivity (Wildman–Crippen MR) is 82.6 cm³/mol. The van der Waals surface area contributed by atoms with Crippen molar-refractivity contribution in [3.05, 3.63) is 10.1 Å². The van der Waals surface area contributed by atoms with Crippen LogP contribution in [-0.4, -0.2) is 34.2 Å². The average molecular weight is 299 g/mol. The Kier molecular flexibility index (Phi) is 5.55. The van der Waals surface area contributed by atoms with Crippen molar-refractivity contribution in [2.45, 2.75) is 32.9 Å². The van der Waals surface area contributed by atoms with E-state index in [0.29, 0.717) is 18.2 Å². The van der Waals surface area contributed by atoms with E-state index < -0.39 is 4.92 Å². The Balaban J connectivity index is 3.23. The van der Waals surface area contributed by atoms with Crippen LogP contribution in [0.15, 0.2) is 5.16 Å². The minimum Gasteiger partial charge on any atom is -0.364 e. The van der Waals surface area contributed by atoms with E-state index in [2.05, 4.69) is 20.6 Å². The molecular formula is C12H21N5O2S. The van der Waals surface area contributed by atoms with Crippen LogP contribution in [0.25, 0.3) is 0 Å². The monoisotopic (exact) mass is 299 g/mol. The smallest absolute Gasteiger partial charge is 0.353 e. The molecule has 8 heteroatoms. The van der Waals surface area contributed by atoms with E-state index in [1.807, 2.05) is 34.0 Å². The van der Waals surface area contributed by atoms with Crippen LogP contribution in [0.5, 0.6) is 0 Å². The first-order chi connectivity index (χ1) is 9.28. The van der Waals surface area contributed by atoms with Crippen LogP contribution in [0, 0.1) is 15.5 Å². The summed E-state index contributed by atoms with van der Waals surface area (Å²) < 4.78 is 0. The fraction of sp³-hybridized carbons (Fsp3) is 0.667. The predicted octanol–water partition coefficient (Wildman–Crippen LogP) is 3.00. The first-order valence-electron chi connectivity index (χ1n) is 6.36. The van der Waals surface area contributed by atoms with Gasteiger partial charge in [-0.1, -0.05) is 32.5 Å². The van der Waals surface area contributed by atoms with E-state index in [4.69, 9.17) is 0 Å². The Hall–Kier alpha value is -1.57. The number of hydrogen-bond acceptors (Lipinski definition) is 7. The first-order valence-corrected chi connectivity index (χ1v) is 7.59. The normalized spacial score (nSPS) is 11.2. The summed E-state index contributed by atoms with van der Waals surface area (Å²) in [6.07, 6.45) is 1.84. The van der Waals surface area contributed by atoms with Crippen molar-refractivity contribution in [2.75, 3.05) is 30.0 Å². The number of aromatic nitrogens is 2. The van der Waals surface area contributed by atoms with Gasteiger partial charge in [0.1, 0.15) is 0 Å². The van der Waals surface area contributed by atoms with Crippen LogP contribution in [0.1, 0.15) is 27.7 Å². The molecule has 0 radical (unpaired) electrons.